The van der Waals surface area contributed by atoms with Crippen molar-refractivity contribution in [1.82, 2.24) is 9.88 Å². The summed E-state index contributed by atoms with van der Waals surface area (Å²) in [6.45, 7) is 9.05. The zero-order valence-corrected chi connectivity index (χ0v) is 15.7. The molecule has 6 heteroatoms. The van der Waals surface area contributed by atoms with Crippen LogP contribution in [0.25, 0.3) is 0 Å². The lowest BCUT2D eigenvalue weighted by molar-refractivity contribution is -0.202. The van der Waals surface area contributed by atoms with Gasteiger partial charge in [-0.2, -0.15) is 0 Å². The fraction of sp³-hybridized carbons (Fsp3) is 0.778. The summed E-state index contributed by atoms with van der Waals surface area (Å²) in [7, 11) is 0. The minimum Gasteiger partial charge on any atom is -0.372 e. The van der Waals surface area contributed by atoms with Gasteiger partial charge in [0.15, 0.2) is 0 Å². The van der Waals surface area contributed by atoms with Gasteiger partial charge in [-0.05, 0) is 25.7 Å². The average Bonchev–Trinajstić information content (AvgIpc) is 2.94. The topological polar surface area (TPSA) is 51.7 Å². The largest absolute Gasteiger partial charge is 0.372 e. The van der Waals surface area contributed by atoms with Crippen LogP contribution in [0, 0.1) is 12.8 Å². The monoisotopic (exact) mass is 352 g/mol. The highest BCUT2D eigenvalue weighted by Gasteiger charge is 2.49. The van der Waals surface area contributed by atoms with Crippen molar-refractivity contribution in [2.24, 2.45) is 5.92 Å². The maximum atomic E-state index is 12.2. The number of hydrogen-bond acceptors (Lipinski definition) is 5. The maximum Gasteiger partial charge on any atom is 0.222 e. The van der Waals surface area contributed by atoms with Gasteiger partial charge in [0.25, 0.3) is 0 Å². The molecule has 1 spiro atoms. The molecule has 0 unspecified atom stereocenters. The van der Waals surface area contributed by atoms with E-state index in [1.807, 2.05) is 11.8 Å². The summed E-state index contributed by atoms with van der Waals surface area (Å²) < 4.78 is 12.1. The van der Waals surface area contributed by atoms with Crippen molar-refractivity contribution in [2.45, 2.75) is 64.8 Å². The van der Waals surface area contributed by atoms with E-state index in [0.717, 1.165) is 49.7 Å². The second-order valence-electron chi connectivity index (χ2n) is 7.50. The zero-order chi connectivity index (χ0) is 17.2. The third-order valence-corrected chi connectivity index (χ3v) is 5.65. The minimum atomic E-state index is -0.172. The second kappa shape index (κ2) is 7.50. The van der Waals surface area contributed by atoms with E-state index in [9.17, 15) is 4.79 Å². The second-order valence-corrected chi connectivity index (χ2v) is 8.56. The van der Waals surface area contributed by atoms with E-state index in [2.05, 4.69) is 24.2 Å². The number of hydrogen-bond donors (Lipinski definition) is 0. The number of aryl methyl sites for hydroxylation is 1. The first-order valence-corrected chi connectivity index (χ1v) is 9.78. The van der Waals surface area contributed by atoms with Crippen molar-refractivity contribution in [3.63, 3.8) is 0 Å². The highest BCUT2D eigenvalue weighted by Crippen LogP contribution is 2.36. The van der Waals surface area contributed by atoms with Gasteiger partial charge < -0.3 is 14.4 Å². The van der Waals surface area contributed by atoms with Gasteiger partial charge in [-0.25, -0.2) is 4.98 Å². The van der Waals surface area contributed by atoms with Crippen LogP contribution in [0.1, 0.15) is 50.2 Å². The van der Waals surface area contributed by atoms with Crippen molar-refractivity contribution < 1.29 is 14.3 Å². The van der Waals surface area contributed by atoms with Crippen LogP contribution in [0.4, 0.5) is 0 Å². The lowest BCUT2D eigenvalue weighted by atomic mass is 9.84. The van der Waals surface area contributed by atoms with Gasteiger partial charge in [0.2, 0.25) is 5.91 Å². The molecule has 2 fully saturated rings. The van der Waals surface area contributed by atoms with Crippen LogP contribution in [0.2, 0.25) is 0 Å². The van der Waals surface area contributed by atoms with E-state index in [1.54, 1.807) is 11.3 Å². The van der Waals surface area contributed by atoms with E-state index in [4.69, 9.17) is 9.47 Å². The molecule has 2 saturated heterocycles. The summed E-state index contributed by atoms with van der Waals surface area (Å²) in [6, 6.07) is 0. The molecule has 1 aromatic rings. The molecule has 1 aromatic heterocycles. The van der Waals surface area contributed by atoms with Gasteiger partial charge in [0, 0.05) is 24.8 Å². The van der Waals surface area contributed by atoms with E-state index in [1.165, 1.54) is 0 Å². The van der Waals surface area contributed by atoms with Crippen molar-refractivity contribution >= 4 is 17.2 Å². The van der Waals surface area contributed by atoms with Crippen molar-refractivity contribution in [1.29, 1.82) is 0 Å². The van der Waals surface area contributed by atoms with E-state index in [-0.39, 0.29) is 17.6 Å². The molecule has 3 heterocycles. The molecule has 0 bridgehead atoms. The van der Waals surface area contributed by atoms with Crippen LogP contribution in [0.15, 0.2) is 5.38 Å². The summed E-state index contributed by atoms with van der Waals surface area (Å²) in [4.78, 5) is 18.6. The Kier molecular flexibility index (Phi) is 5.57. The van der Waals surface area contributed by atoms with Gasteiger partial charge in [-0.15, -0.1) is 11.3 Å². The fourth-order valence-electron chi connectivity index (χ4n) is 3.42. The molecule has 0 radical (unpaired) electrons. The van der Waals surface area contributed by atoms with Crippen LogP contribution in [0.5, 0.6) is 0 Å². The highest BCUT2D eigenvalue weighted by molar-refractivity contribution is 7.09. The molecule has 0 N–H and O–H groups in total. The predicted molar refractivity (Wildman–Crippen MR) is 94.0 cm³/mol. The van der Waals surface area contributed by atoms with E-state index < -0.39 is 0 Å². The fourth-order valence-corrected chi connectivity index (χ4v) is 4.02. The van der Waals surface area contributed by atoms with Gasteiger partial charge in [0.05, 0.1) is 36.5 Å². The van der Waals surface area contributed by atoms with Gasteiger partial charge >= 0.3 is 0 Å². The van der Waals surface area contributed by atoms with Crippen LogP contribution in [-0.2, 0) is 20.9 Å². The minimum absolute atomic E-state index is 0.172. The van der Waals surface area contributed by atoms with Crippen LogP contribution in [-0.4, -0.2) is 47.2 Å². The van der Waals surface area contributed by atoms with Crippen LogP contribution < -0.4 is 0 Å². The first kappa shape index (κ1) is 17.8. The number of amides is 1. The smallest absolute Gasteiger partial charge is 0.222 e. The molecule has 24 heavy (non-hydrogen) atoms. The van der Waals surface area contributed by atoms with Crippen molar-refractivity contribution in [3.8, 4) is 0 Å². The Labute approximate surface area is 148 Å². The molecule has 2 aliphatic heterocycles. The third-order valence-electron chi connectivity index (χ3n) is 4.83. The first-order chi connectivity index (χ1) is 11.5. The SMILES string of the molecule is Cc1nc(CO[C@@H]2CCOC3(C2)CN(C(=O)CCC(C)C)C3)cs1. The Morgan fingerprint density at radius 2 is 2.33 bits per heavy atom. The molecule has 3 rings (SSSR count). The van der Waals surface area contributed by atoms with Crippen molar-refractivity contribution in [2.75, 3.05) is 19.7 Å². The standard InChI is InChI=1S/C18H28N2O3S/c1-13(2)4-5-17(21)20-11-18(12-20)8-16(6-7-23-18)22-9-15-10-24-14(3)19-15/h10,13,16H,4-9,11-12H2,1-3H3/t16-/m1/s1. The first-order valence-electron chi connectivity index (χ1n) is 8.90. The molecule has 0 aliphatic carbocycles. The number of aromatic nitrogens is 1. The molecule has 0 aromatic carbocycles. The summed E-state index contributed by atoms with van der Waals surface area (Å²) >= 11 is 1.66. The predicted octanol–water partition coefficient (Wildman–Crippen LogP) is 3.16. The van der Waals surface area contributed by atoms with Gasteiger partial charge in [0.1, 0.15) is 5.60 Å². The number of likely N-dealkylation sites (tertiary alicyclic amines) is 1. The summed E-state index contributed by atoms with van der Waals surface area (Å²) in [5.74, 6) is 0.834. The average molecular weight is 352 g/mol. The van der Waals surface area contributed by atoms with Crippen LogP contribution >= 0.6 is 11.3 Å². The molecule has 5 nitrogen and oxygen atoms in total. The Morgan fingerprint density at radius 3 is 3.00 bits per heavy atom. The van der Waals surface area contributed by atoms with Crippen LogP contribution in [0.3, 0.4) is 0 Å². The highest BCUT2D eigenvalue weighted by atomic mass is 32.1. The molecular formula is C18H28N2O3S. The van der Waals surface area contributed by atoms with Gasteiger partial charge in [-0.1, -0.05) is 13.8 Å². The number of ether oxygens (including phenoxy) is 2. The molecule has 134 valence electrons. The molecule has 1 amide bonds. The van der Waals surface area contributed by atoms with E-state index in [0.29, 0.717) is 18.9 Å². The summed E-state index contributed by atoms with van der Waals surface area (Å²) in [5.41, 5.74) is 0.839. The lowest BCUT2D eigenvalue weighted by Gasteiger charge is -2.53. The van der Waals surface area contributed by atoms with E-state index >= 15 is 0 Å². The number of thiazole rings is 1. The number of carbonyl (C=O) groups is 1. The summed E-state index contributed by atoms with van der Waals surface area (Å²) in [6.07, 6.45) is 3.61. The third kappa shape index (κ3) is 4.35. The Balaban J connectivity index is 1.44. The Hall–Kier alpha value is -0.980. The molecular weight excluding hydrogens is 324 g/mol. The zero-order valence-electron chi connectivity index (χ0n) is 14.9. The Bertz CT molecular complexity index is 566. The summed E-state index contributed by atoms with van der Waals surface area (Å²) in [5, 5.41) is 3.13. The van der Waals surface area contributed by atoms with Gasteiger partial charge in [-0.3, -0.25) is 4.79 Å². The number of rotatable bonds is 6. The number of nitrogens with zero attached hydrogens (tertiary/aromatic N) is 2. The molecule has 1 atom stereocenters. The lowest BCUT2D eigenvalue weighted by Crippen LogP contribution is -2.67. The molecule has 0 saturated carbocycles. The quantitative estimate of drug-likeness (QED) is 0.789. The normalized spacial score (nSPS) is 22.8. The van der Waals surface area contributed by atoms with Crippen molar-refractivity contribution in [3.05, 3.63) is 16.1 Å². The Morgan fingerprint density at radius 1 is 1.54 bits per heavy atom. The maximum absolute atomic E-state index is 12.2. The molecule has 2 aliphatic rings. The number of carbonyl (C=O) groups excluding carboxylic acids is 1.